The van der Waals surface area contributed by atoms with Gasteiger partial charge in [-0.2, -0.15) is 5.26 Å². The predicted molar refractivity (Wildman–Crippen MR) is 44.4 cm³/mol. The molecule has 58 valence electrons. The molecule has 0 atom stereocenters. The molecule has 1 aromatic carbocycles. The van der Waals surface area contributed by atoms with Crippen molar-refractivity contribution in [2.75, 3.05) is 0 Å². The van der Waals surface area contributed by atoms with Crippen LogP contribution in [0.1, 0.15) is 6.92 Å². The van der Waals surface area contributed by atoms with Gasteiger partial charge in [0.25, 0.3) is 0 Å². The fourth-order valence-electron chi connectivity index (χ4n) is 0.452. The Labute approximate surface area is 70.7 Å². The van der Waals surface area contributed by atoms with Crippen molar-refractivity contribution in [3.63, 3.8) is 0 Å². The monoisotopic (exact) mass is 169 g/mol. The van der Waals surface area contributed by atoms with Crippen molar-refractivity contribution in [2.24, 2.45) is 0 Å². The van der Waals surface area contributed by atoms with Crippen LogP contribution in [-0.2, 0) is 0 Å². The second kappa shape index (κ2) is 5.57. The lowest BCUT2D eigenvalue weighted by molar-refractivity contribution is 0.475. The molecule has 11 heavy (non-hydrogen) atoms. The number of phenols is 1. The number of para-hydroxylation sites is 1. The maximum absolute atomic E-state index is 8.79. The third kappa shape index (κ3) is 4.24. The number of rotatable bonds is 0. The molecule has 0 spiro atoms. The molecule has 0 aliphatic heterocycles. The minimum absolute atomic E-state index is 0.133. The molecule has 0 fully saturated rings. The zero-order valence-electron chi connectivity index (χ0n) is 6.08. The molecule has 3 heteroatoms. The van der Waals surface area contributed by atoms with Crippen LogP contribution < -0.4 is 0 Å². The van der Waals surface area contributed by atoms with Crippen LogP contribution in [0.2, 0.25) is 5.02 Å². The van der Waals surface area contributed by atoms with Gasteiger partial charge >= 0.3 is 0 Å². The highest BCUT2D eigenvalue weighted by molar-refractivity contribution is 6.31. The van der Waals surface area contributed by atoms with Gasteiger partial charge in [-0.3, -0.25) is 0 Å². The summed E-state index contributed by atoms with van der Waals surface area (Å²) in [6.07, 6.45) is 0. The molecule has 0 unspecified atom stereocenters. The Bertz CT molecular complexity index is 234. The summed E-state index contributed by atoms with van der Waals surface area (Å²) in [5, 5.41) is 16.5. The first-order valence-corrected chi connectivity index (χ1v) is 3.34. The van der Waals surface area contributed by atoms with E-state index in [9.17, 15) is 0 Å². The second-order valence-electron chi connectivity index (χ2n) is 1.68. The number of halogens is 1. The first kappa shape index (κ1) is 9.80. The van der Waals surface area contributed by atoms with Crippen molar-refractivity contribution in [1.29, 1.82) is 5.26 Å². The number of nitrogens with zero attached hydrogens (tertiary/aromatic N) is 1. The van der Waals surface area contributed by atoms with Crippen molar-refractivity contribution in [3.8, 4) is 11.8 Å². The number of aromatic hydroxyl groups is 1. The van der Waals surface area contributed by atoms with Crippen molar-refractivity contribution in [2.45, 2.75) is 6.92 Å². The van der Waals surface area contributed by atoms with Gasteiger partial charge in [-0.1, -0.05) is 23.7 Å². The van der Waals surface area contributed by atoms with Gasteiger partial charge in [0, 0.05) is 6.92 Å². The van der Waals surface area contributed by atoms with Crippen LogP contribution in [0, 0.1) is 11.3 Å². The quantitative estimate of drug-likeness (QED) is 0.649. The van der Waals surface area contributed by atoms with Gasteiger partial charge in [0.2, 0.25) is 0 Å². The smallest absolute Gasteiger partial charge is 0.134 e. The summed E-state index contributed by atoms with van der Waals surface area (Å²) in [4.78, 5) is 0. The third-order valence-electron chi connectivity index (χ3n) is 0.852. The second-order valence-corrected chi connectivity index (χ2v) is 2.08. The van der Waals surface area contributed by atoms with Gasteiger partial charge < -0.3 is 5.11 Å². The molecule has 0 aromatic heterocycles. The van der Waals surface area contributed by atoms with E-state index in [4.69, 9.17) is 22.0 Å². The number of nitriles is 1. The molecule has 0 saturated carbocycles. The lowest BCUT2D eigenvalue weighted by Crippen LogP contribution is -1.62. The van der Waals surface area contributed by atoms with Crippen LogP contribution in [-0.4, -0.2) is 5.11 Å². The minimum Gasteiger partial charge on any atom is -0.506 e. The van der Waals surface area contributed by atoms with Gasteiger partial charge in [-0.05, 0) is 12.1 Å². The third-order valence-corrected chi connectivity index (χ3v) is 1.17. The van der Waals surface area contributed by atoms with E-state index < -0.39 is 0 Å². The molecule has 0 amide bonds. The zero-order valence-corrected chi connectivity index (χ0v) is 6.84. The van der Waals surface area contributed by atoms with E-state index in [1.807, 2.05) is 0 Å². The largest absolute Gasteiger partial charge is 0.506 e. The molecule has 1 rings (SSSR count). The fourth-order valence-corrected chi connectivity index (χ4v) is 0.587. The van der Waals surface area contributed by atoms with Crippen LogP contribution >= 0.6 is 11.6 Å². The number of benzene rings is 1. The highest BCUT2D eigenvalue weighted by atomic mass is 35.5. The lowest BCUT2D eigenvalue weighted by Gasteiger charge is -1.89. The van der Waals surface area contributed by atoms with Crippen LogP contribution in [0.4, 0.5) is 0 Å². The summed E-state index contributed by atoms with van der Waals surface area (Å²) in [7, 11) is 0. The minimum atomic E-state index is 0.133. The van der Waals surface area contributed by atoms with Gasteiger partial charge in [0.05, 0.1) is 11.1 Å². The molecule has 0 radical (unpaired) electrons. The van der Waals surface area contributed by atoms with E-state index in [-0.39, 0.29) is 5.75 Å². The molecule has 0 bridgehead atoms. The summed E-state index contributed by atoms with van der Waals surface area (Å²) in [6, 6.07) is 8.42. The molecule has 0 saturated heterocycles. The maximum atomic E-state index is 8.79. The molecule has 0 aliphatic carbocycles. The van der Waals surface area contributed by atoms with Gasteiger partial charge in [-0.15, -0.1) is 0 Å². The summed E-state index contributed by atoms with van der Waals surface area (Å²) in [5.74, 6) is 0.133. The Kier molecular flexibility index (Phi) is 4.97. The standard InChI is InChI=1S/C6H5ClO.C2H3N/c7-5-3-1-2-4-6(5)8;1-2-3/h1-4,8H;1H3. The Morgan fingerprint density at radius 2 is 1.91 bits per heavy atom. The van der Waals surface area contributed by atoms with Crippen LogP contribution in [0.25, 0.3) is 0 Å². The highest BCUT2D eigenvalue weighted by Gasteiger charge is 1.89. The lowest BCUT2D eigenvalue weighted by atomic mass is 10.3. The van der Waals surface area contributed by atoms with E-state index >= 15 is 0 Å². The van der Waals surface area contributed by atoms with Crippen molar-refractivity contribution < 1.29 is 5.11 Å². The molecule has 0 heterocycles. The normalized spacial score (nSPS) is 7.36. The van der Waals surface area contributed by atoms with Crippen LogP contribution in [0.15, 0.2) is 24.3 Å². The molecule has 0 aliphatic rings. The van der Waals surface area contributed by atoms with E-state index in [1.54, 1.807) is 30.3 Å². The Morgan fingerprint density at radius 3 is 2.18 bits per heavy atom. The van der Waals surface area contributed by atoms with E-state index in [0.717, 1.165) is 0 Å². The number of hydrogen-bond donors (Lipinski definition) is 1. The first-order chi connectivity index (χ1) is 5.22. The van der Waals surface area contributed by atoms with Crippen molar-refractivity contribution in [3.05, 3.63) is 29.3 Å². The van der Waals surface area contributed by atoms with Gasteiger partial charge in [0.15, 0.2) is 0 Å². The molecule has 1 N–H and O–H groups in total. The maximum Gasteiger partial charge on any atom is 0.134 e. The van der Waals surface area contributed by atoms with Crippen LogP contribution in [0.3, 0.4) is 0 Å². The summed E-state index contributed by atoms with van der Waals surface area (Å²) < 4.78 is 0. The van der Waals surface area contributed by atoms with E-state index in [0.29, 0.717) is 5.02 Å². The molecular weight excluding hydrogens is 162 g/mol. The predicted octanol–water partition coefficient (Wildman–Crippen LogP) is 2.58. The van der Waals surface area contributed by atoms with Crippen LogP contribution in [0.5, 0.6) is 5.75 Å². The molecular formula is C8H8ClNO. The highest BCUT2D eigenvalue weighted by Crippen LogP contribution is 2.20. The molecule has 1 aromatic rings. The van der Waals surface area contributed by atoms with E-state index in [2.05, 4.69) is 0 Å². The van der Waals surface area contributed by atoms with Gasteiger partial charge in [-0.25, -0.2) is 0 Å². The van der Waals surface area contributed by atoms with Crippen molar-refractivity contribution in [1.82, 2.24) is 0 Å². The van der Waals surface area contributed by atoms with Crippen molar-refractivity contribution >= 4 is 11.6 Å². The Hall–Kier alpha value is -1.20. The topological polar surface area (TPSA) is 44.0 Å². The van der Waals surface area contributed by atoms with E-state index in [1.165, 1.54) is 6.92 Å². The number of hydrogen-bond acceptors (Lipinski definition) is 2. The molecule has 2 nitrogen and oxygen atoms in total. The SMILES string of the molecule is CC#N.Oc1ccccc1Cl. The number of phenolic OH excluding ortho intramolecular Hbond substituents is 1. The summed E-state index contributed by atoms with van der Waals surface area (Å²) >= 11 is 5.46. The Balaban J connectivity index is 0.000000292. The fraction of sp³-hybridized carbons (Fsp3) is 0.125. The summed E-state index contributed by atoms with van der Waals surface area (Å²) in [6.45, 7) is 1.43. The first-order valence-electron chi connectivity index (χ1n) is 2.96. The Morgan fingerprint density at radius 1 is 1.45 bits per heavy atom. The average molecular weight is 170 g/mol. The summed E-state index contributed by atoms with van der Waals surface area (Å²) in [5.41, 5.74) is 0. The zero-order chi connectivity index (χ0) is 8.69. The van der Waals surface area contributed by atoms with Gasteiger partial charge in [0.1, 0.15) is 5.75 Å². The average Bonchev–Trinajstić information content (AvgIpc) is 1.97.